The molecule has 0 aliphatic rings. The topological polar surface area (TPSA) is 0 Å². The minimum absolute atomic E-state index is 1.09. The van der Waals surface area contributed by atoms with E-state index in [4.69, 9.17) is 0 Å². The van der Waals surface area contributed by atoms with Crippen LogP contribution in [0.3, 0.4) is 0 Å². The molecule has 0 N–H and O–H groups in total. The summed E-state index contributed by atoms with van der Waals surface area (Å²) in [7, 11) is 0. The van der Waals surface area contributed by atoms with Crippen molar-refractivity contribution in [3.05, 3.63) is 65.2 Å². The zero-order chi connectivity index (χ0) is 11.4. The largest absolute Gasteiger partial charge is 0.143 e. The van der Waals surface area contributed by atoms with E-state index in [0.717, 1.165) is 17.7 Å². The van der Waals surface area contributed by atoms with Crippen molar-refractivity contribution in [2.45, 2.75) is 24.7 Å². The molecule has 1 heteroatoms. The third kappa shape index (κ3) is 2.67. The van der Waals surface area contributed by atoms with Gasteiger partial charge in [-0.3, -0.25) is 0 Å². The summed E-state index contributed by atoms with van der Waals surface area (Å²) in [6, 6.07) is 16.9. The monoisotopic (exact) mass is 228 g/mol. The maximum absolute atomic E-state index is 4.45. The SMILES string of the molecule is Cc1c(S)cccc1CCc1ccccc1. The van der Waals surface area contributed by atoms with E-state index in [1.165, 1.54) is 16.7 Å². The first-order valence-electron chi connectivity index (χ1n) is 5.59. The lowest BCUT2D eigenvalue weighted by Crippen LogP contribution is -1.94. The predicted molar refractivity (Wildman–Crippen MR) is 72.3 cm³/mol. The van der Waals surface area contributed by atoms with Gasteiger partial charge < -0.3 is 0 Å². The van der Waals surface area contributed by atoms with E-state index < -0.39 is 0 Å². The van der Waals surface area contributed by atoms with Gasteiger partial charge in [0.25, 0.3) is 0 Å². The van der Waals surface area contributed by atoms with Crippen LogP contribution in [0.5, 0.6) is 0 Å². The van der Waals surface area contributed by atoms with Crippen LogP contribution in [0.25, 0.3) is 0 Å². The van der Waals surface area contributed by atoms with Gasteiger partial charge in [0.1, 0.15) is 0 Å². The van der Waals surface area contributed by atoms with E-state index in [-0.39, 0.29) is 0 Å². The summed E-state index contributed by atoms with van der Waals surface area (Å²) in [6.45, 7) is 2.14. The van der Waals surface area contributed by atoms with E-state index in [0.29, 0.717) is 0 Å². The third-order valence-corrected chi connectivity index (χ3v) is 3.43. The first kappa shape index (κ1) is 11.3. The van der Waals surface area contributed by atoms with Gasteiger partial charge in [-0.2, -0.15) is 0 Å². The van der Waals surface area contributed by atoms with Gasteiger partial charge in [0.05, 0.1) is 0 Å². The first-order valence-corrected chi connectivity index (χ1v) is 6.03. The Morgan fingerprint density at radius 3 is 2.38 bits per heavy atom. The Morgan fingerprint density at radius 2 is 1.62 bits per heavy atom. The highest BCUT2D eigenvalue weighted by molar-refractivity contribution is 7.80. The van der Waals surface area contributed by atoms with E-state index >= 15 is 0 Å². The number of rotatable bonds is 3. The molecule has 2 aromatic carbocycles. The molecule has 0 aromatic heterocycles. The van der Waals surface area contributed by atoms with Gasteiger partial charge in [0.2, 0.25) is 0 Å². The molecule has 0 bridgehead atoms. The number of hydrogen-bond acceptors (Lipinski definition) is 1. The lowest BCUT2D eigenvalue weighted by Gasteiger charge is -2.07. The van der Waals surface area contributed by atoms with Gasteiger partial charge in [-0.05, 0) is 42.5 Å². The fraction of sp³-hybridized carbons (Fsp3) is 0.200. The Hall–Kier alpha value is -1.21. The summed E-state index contributed by atoms with van der Waals surface area (Å²) in [4.78, 5) is 1.09. The summed E-state index contributed by atoms with van der Waals surface area (Å²) < 4.78 is 0. The van der Waals surface area contributed by atoms with Crippen LogP contribution in [-0.4, -0.2) is 0 Å². The van der Waals surface area contributed by atoms with Gasteiger partial charge in [0.15, 0.2) is 0 Å². The minimum Gasteiger partial charge on any atom is -0.143 e. The summed E-state index contributed by atoms with van der Waals surface area (Å²) in [6.07, 6.45) is 2.18. The average molecular weight is 228 g/mol. The summed E-state index contributed by atoms with van der Waals surface area (Å²) in [5.41, 5.74) is 4.10. The second kappa shape index (κ2) is 5.22. The van der Waals surface area contributed by atoms with E-state index in [1.54, 1.807) is 0 Å². The van der Waals surface area contributed by atoms with Crippen molar-refractivity contribution >= 4 is 12.6 Å². The first-order chi connectivity index (χ1) is 7.77. The fourth-order valence-electron chi connectivity index (χ4n) is 1.86. The molecule has 0 unspecified atom stereocenters. The summed E-state index contributed by atoms with van der Waals surface area (Å²) in [5, 5.41) is 0. The Kier molecular flexibility index (Phi) is 3.68. The molecule has 0 amide bonds. The van der Waals surface area contributed by atoms with Crippen molar-refractivity contribution in [2.75, 3.05) is 0 Å². The number of aryl methyl sites for hydroxylation is 2. The highest BCUT2D eigenvalue weighted by Crippen LogP contribution is 2.18. The van der Waals surface area contributed by atoms with Crippen LogP contribution >= 0.6 is 12.6 Å². The van der Waals surface area contributed by atoms with Gasteiger partial charge >= 0.3 is 0 Å². The lowest BCUT2D eigenvalue weighted by molar-refractivity contribution is 0.940. The van der Waals surface area contributed by atoms with E-state index in [9.17, 15) is 0 Å². The van der Waals surface area contributed by atoms with Crippen molar-refractivity contribution in [1.29, 1.82) is 0 Å². The van der Waals surface area contributed by atoms with Crippen molar-refractivity contribution in [2.24, 2.45) is 0 Å². The molecule has 0 saturated carbocycles. The van der Waals surface area contributed by atoms with Crippen LogP contribution in [0.15, 0.2) is 53.4 Å². The number of thiol groups is 1. The predicted octanol–water partition coefficient (Wildman–Crippen LogP) is 4.07. The van der Waals surface area contributed by atoms with Crippen LogP contribution in [0.4, 0.5) is 0 Å². The molecule has 2 aromatic rings. The molecular weight excluding hydrogens is 212 g/mol. The number of hydrogen-bond donors (Lipinski definition) is 1. The maximum atomic E-state index is 4.45. The smallest absolute Gasteiger partial charge is 0.00719 e. The minimum atomic E-state index is 1.09. The van der Waals surface area contributed by atoms with Crippen molar-refractivity contribution < 1.29 is 0 Å². The second-order valence-corrected chi connectivity index (χ2v) is 4.53. The van der Waals surface area contributed by atoms with Crippen molar-refractivity contribution in [3.8, 4) is 0 Å². The van der Waals surface area contributed by atoms with Gasteiger partial charge in [0, 0.05) is 4.90 Å². The Morgan fingerprint density at radius 1 is 0.875 bits per heavy atom. The highest BCUT2D eigenvalue weighted by atomic mass is 32.1. The summed E-state index contributed by atoms with van der Waals surface area (Å²) in [5.74, 6) is 0. The molecule has 0 saturated heterocycles. The molecule has 2 rings (SSSR count). The molecule has 16 heavy (non-hydrogen) atoms. The van der Waals surface area contributed by atoms with Crippen LogP contribution in [0, 0.1) is 6.92 Å². The van der Waals surface area contributed by atoms with Crippen LogP contribution in [-0.2, 0) is 12.8 Å². The molecule has 0 nitrogen and oxygen atoms in total. The quantitative estimate of drug-likeness (QED) is 0.752. The zero-order valence-corrected chi connectivity index (χ0v) is 10.4. The summed E-state index contributed by atoms with van der Waals surface area (Å²) >= 11 is 4.45. The molecule has 0 atom stereocenters. The molecular formula is C15H16S. The van der Waals surface area contributed by atoms with E-state index in [2.05, 4.69) is 62.0 Å². The molecule has 0 aliphatic carbocycles. The van der Waals surface area contributed by atoms with E-state index in [1.807, 2.05) is 6.07 Å². The molecule has 0 heterocycles. The zero-order valence-electron chi connectivity index (χ0n) is 9.48. The Bertz CT molecular complexity index is 460. The Labute approximate surface area is 103 Å². The van der Waals surface area contributed by atoms with Gasteiger partial charge in [-0.25, -0.2) is 0 Å². The second-order valence-electron chi connectivity index (χ2n) is 4.05. The molecule has 0 fully saturated rings. The molecule has 0 radical (unpaired) electrons. The van der Waals surface area contributed by atoms with Crippen molar-refractivity contribution in [1.82, 2.24) is 0 Å². The Balaban J connectivity index is 2.08. The third-order valence-electron chi connectivity index (χ3n) is 2.94. The fourth-order valence-corrected chi connectivity index (χ4v) is 2.09. The highest BCUT2D eigenvalue weighted by Gasteiger charge is 2.01. The van der Waals surface area contributed by atoms with Crippen LogP contribution in [0.1, 0.15) is 16.7 Å². The molecule has 0 aliphatic heterocycles. The van der Waals surface area contributed by atoms with Crippen LogP contribution < -0.4 is 0 Å². The molecule has 0 spiro atoms. The molecule has 82 valence electrons. The normalized spacial score (nSPS) is 10.4. The lowest BCUT2D eigenvalue weighted by atomic mass is 10.0. The standard InChI is InChI=1S/C15H16S/c1-12-14(8-5-9-15(12)16)11-10-13-6-3-2-4-7-13/h2-9,16H,10-11H2,1H3. The number of benzene rings is 2. The average Bonchev–Trinajstić information content (AvgIpc) is 2.32. The van der Waals surface area contributed by atoms with Gasteiger partial charge in [-0.1, -0.05) is 42.5 Å². The maximum Gasteiger partial charge on any atom is 0.00719 e. The van der Waals surface area contributed by atoms with Gasteiger partial charge in [-0.15, -0.1) is 12.6 Å². The van der Waals surface area contributed by atoms with Crippen molar-refractivity contribution in [3.63, 3.8) is 0 Å². The van der Waals surface area contributed by atoms with Crippen LogP contribution in [0.2, 0.25) is 0 Å².